The van der Waals surface area contributed by atoms with Gasteiger partial charge in [0.15, 0.2) is 0 Å². The van der Waals surface area contributed by atoms with Crippen molar-refractivity contribution in [2.24, 2.45) is 5.41 Å². The van der Waals surface area contributed by atoms with Gasteiger partial charge in [-0.15, -0.1) is 0 Å². The number of carbonyl (C=O) groups is 1. The first-order chi connectivity index (χ1) is 6.02. The maximum atomic E-state index is 10.9. The van der Waals surface area contributed by atoms with E-state index in [0.29, 0.717) is 5.41 Å². The molecule has 1 spiro atoms. The molecule has 1 unspecified atom stereocenters. The van der Waals surface area contributed by atoms with Crippen LogP contribution in [0.5, 0.6) is 0 Å². The molecule has 1 heterocycles. The van der Waals surface area contributed by atoms with E-state index in [-0.39, 0.29) is 11.4 Å². The molecular formula is C11H19NO. The molecule has 1 saturated carbocycles. The highest BCUT2D eigenvalue weighted by atomic mass is 16.2. The third kappa shape index (κ3) is 1.72. The quantitative estimate of drug-likeness (QED) is 0.570. The molecule has 1 amide bonds. The average molecular weight is 181 g/mol. The Morgan fingerprint density at radius 1 is 1.15 bits per heavy atom. The highest BCUT2D eigenvalue weighted by Crippen LogP contribution is 2.41. The van der Waals surface area contributed by atoms with Crippen LogP contribution in [0.3, 0.4) is 0 Å². The van der Waals surface area contributed by atoms with E-state index in [0.717, 1.165) is 6.42 Å². The fraction of sp³-hybridized carbons (Fsp3) is 0.909. The van der Waals surface area contributed by atoms with Gasteiger partial charge in [0.1, 0.15) is 0 Å². The van der Waals surface area contributed by atoms with Gasteiger partial charge in [-0.25, -0.2) is 0 Å². The fourth-order valence-electron chi connectivity index (χ4n) is 2.62. The van der Waals surface area contributed by atoms with Crippen molar-refractivity contribution in [1.82, 2.24) is 5.32 Å². The highest BCUT2D eigenvalue weighted by molar-refractivity contribution is 5.84. The van der Waals surface area contributed by atoms with E-state index < -0.39 is 0 Å². The summed E-state index contributed by atoms with van der Waals surface area (Å²) < 4.78 is 0. The SMILES string of the molecule is CC1(C)CCCC2(CC1)CC(=O)N2. The number of amides is 1. The monoisotopic (exact) mass is 181 g/mol. The van der Waals surface area contributed by atoms with Gasteiger partial charge in [0.2, 0.25) is 5.91 Å². The van der Waals surface area contributed by atoms with E-state index in [9.17, 15) is 4.79 Å². The van der Waals surface area contributed by atoms with Crippen molar-refractivity contribution < 1.29 is 4.79 Å². The molecule has 2 rings (SSSR count). The van der Waals surface area contributed by atoms with Crippen LogP contribution in [0.1, 0.15) is 52.4 Å². The van der Waals surface area contributed by atoms with Crippen molar-refractivity contribution in [3.8, 4) is 0 Å². The zero-order valence-electron chi connectivity index (χ0n) is 8.65. The second kappa shape index (κ2) is 2.73. The van der Waals surface area contributed by atoms with Crippen LogP contribution in [0.15, 0.2) is 0 Å². The van der Waals surface area contributed by atoms with E-state index in [4.69, 9.17) is 0 Å². The van der Waals surface area contributed by atoms with Crippen molar-refractivity contribution >= 4 is 5.91 Å². The fourth-order valence-corrected chi connectivity index (χ4v) is 2.62. The molecule has 1 atom stereocenters. The number of rotatable bonds is 0. The van der Waals surface area contributed by atoms with E-state index >= 15 is 0 Å². The van der Waals surface area contributed by atoms with Gasteiger partial charge in [0.25, 0.3) is 0 Å². The smallest absolute Gasteiger partial charge is 0.222 e. The summed E-state index contributed by atoms with van der Waals surface area (Å²) in [6.45, 7) is 4.68. The maximum absolute atomic E-state index is 10.9. The van der Waals surface area contributed by atoms with Gasteiger partial charge < -0.3 is 5.32 Å². The van der Waals surface area contributed by atoms with Crippen molar-refractivity contribution in [1.29, 1.82) is 0 Å². The van der Waals surface area contributed by atoms with E-state index in [2.05, 4.69) is 19.2 Å². The zero-order valence-corrected chi connectivity index (χ0v) is 8.65. The first-order valence-corrected chi connectivity index (χ1v) is 5.33. The average Bonchev–Trinajstić information content (AvgIpc) is 2.10. The van der Waals surface area contributed by atoms with Crippen LogP contribution in [0.25, 0.3) is 0 Å². The topological polar surface area (TPSA) is 29.1 Å². The van der Waals surface area contributed by atoms with Gasteiger partial charge in [0.05, 0.1) is 0 Å². The Morgan fingerprint density at radius 2 is 1.85 bits per heavy atom. The third-order valence-electron chi connectivity index (χ3n) is 3.69. The summed E-state index contributed by atoms with van der Waals surface area (Å²) >= 11 is 0. The van der Waals surface area contributed by atoms with Gasteiger partial charge in [-0.05, 0) is 31.1 Å². The molecule has 0 aromatic rings. The van der Waals surface area contributed by atoms with Gasteiger partial charge in [-0.1, -0.05) is 20.3 Å². The summed E-state index contributed by atoms with van der Waals surface area (Å²) in [7, 11) is 0. The number of carbonyl (C=O) groups excluding carboxylic acids is 1. The summed E-state index contributed by atoms with van der Waals surface area (Å²) in [5, 5.41) is 3.10. The Labute approximate surface area is 80.1 Å². The van der Waals surface area contributed by atoms with Crippen molar-refractivity contribution in [3.05, 3.63) is 0 Å². The van der Waals surface area contributed by atoms with Crippen LogP contribution in [0, 0.1) is 5.41 Å². The molecule has 13 heavy (non-hydrogen) atoms. The van der Waals surface area contributed by atoms with Gasteiger partial charge >= 0.3 is 0 Å². The molecular weight excluding hydrogens is 162 g/mol. The molecule has 1 aliphatic carbocycles. The van der Waals surface area contributed by atoms with Gasteiger partial charge in [-0.2, -0.15) is 0 Å². The van der Waals surface area contributed by atoms with Crippen LogP contribution < -0.4 is 5.32 Å². The van der Waals surface area contributed by atoms with E-state index in [1.54, 1.807) is 0 Å². The number of β-lactam (4-membered cyclic amide) rings is 1. The molecule has 2 nitrogen and oxygen atoms in total. The molecule has 0 aromatic heterocycles. The molecule has 2 fully saturated rings. The van der Waals surface area contributed by atoms with Crippen LogP contribution in [0.4, 0.5) is 0 Å². The molecule has 2 heteroatoms. The minimum Gasteiger partial charge on any atom is -0.350 e. The van der Waals surface area contributed by atoms with Gasteiger partial charge in [-0.3, -0.25) is 4.79 Å². The Bertz CT molecular complexity index is 224. The minimum atomic E-state index is 0.213. The summed E-state index contributed by atoms with van der Waals surface area (Å²) in [6, 6.07) is 0. The Balaban J connectivity index is 1.99. The lowest BCUT2D eigenvalue weighted by molar-refractivity contribution is -0.133. The highest BCUT2D eigenvalue weighted by Gasteiger charge is 2.44. The number of hydrogen-bond donors (Lipinski definition) is 1. The second-order valence-electron chi connectivity index (χ2n) is 5.52. The van der Waals surface area contributed by atoms with Crippen LogP contribution in [0.2, 0.25) is 0 Å². The Hall–Kier alpha value is -0.530. The summed E-state index contributed by atoms with van der Waals surface area (Å²) in [5.41, 5.74) is 0.703. The molecule has 1 N–H and O–H groups in total. The molecule has 1 aliphatic heterocycles. The second-order valence-corrected chi connectivity index (χ2v) is 5.52. The molecule has 1 saturated heterocycles. The van der Waals surface area contributed by atoms with Crippen molar-refractivity contribution in [2.75, 3.05) is 0 Å². The number of hydrogen-bond acceptors (Lipinski definition) is 1. The van der Waals surface area contributed by atoms with Crippen LogP contribution >= 0.6 is 0 Å². The minimum absolute atomic E-state index is 0.213. The summed E-state index contributed by atoms with van der Waals surface area (Å²) in [4.78, 5) is 10.9. The Kier molecular flexibility index (Phi) is 1.90. The van der Waals surface area contributed by atoms with Crippen LogP contribution in [-0.4, -0.2) is 11.4 Å². The van der Waals surface area contributed by atoms with Crippen molar-refractivity contribution in [2.45, 2.75) is 57.9 Å². The lowest BCUT2D eigenvalue weighted by Gasteiger charge is -2.42. The molecule has 0 aromatic carbocycles. The first kappa shape index (κ1) is 9.04. The standard InChI is InChI=1S/C11H19NO/c1-10(2)4-3-5-11(7-6-10)8-9(13)12-11/h3-8H2,1-2H3,(H,12,13). The number of nitrogens with one attached hydrogen (secondary N) is 1. The lowest BCUT2D eigenvalue weighted by atomic mass is 9.78. The van der Waals surface area contributed by atoms with E-state index in [1.807, 2.05) is 0 Å². The summed E-state index contributed by atoms with van der Waals surface area (Å²) in [5.74, 6) is 0.250. The molecule has 0 radical (unpaired) electrons. The normalized spacial score (nSPS) is 37.8. The molecule has 74 valence electrons. The Morgan fingerprint density at radius 3 is 2.46 bits per heavy atom. The van der Waals surface area contributed by atoms with Gasteiger partial charge in [0, 0.05) is 12.0 Å². The molecule has 0 bridgehead atoms. The van der Waals surface area contributed by atoms with E-state index in [1.165, 1.54) is 32.1 Å². The third-order valence-corrected chi connectivity index (χ3v) is 3.69. The molecule has 2 aliphatic rings. The lowest BCUT2D eigenvalue weighted by Crippen LogP contribution is -2.60. The van der Waals surface area contributed by atoms with Crippen molar-refractivity contribution in [3.63, 3.8) is 0 Å². The largest absolute Gasteiger partial charge is 0.350 e. The maximum Gasteiger partial charge on any atom is 0.222 e. The predicted molar refractivity (Wildman–Crippen MR) is 52.4 cm³/mol. The first-order valence-electron chi connectivity index (χ1n) is 5.33. The summed E-state index contributed by atoms with van der Waals surface area (Å²) in [6.07, 6.45) is 7.00. The zero-order chi connectivity index (χ0) is 9.53. The van der Waals surface area contributed by atoms with Crippen LogP contribution in [-0.2, 0) is 4.79 Å². The predicted octanol–water partition coefficient (Wildman–Crippen LogP) is 2.24.